The largest absolute Gasteiger partial charge is 0.374 e. The van der Waals surface area contributed by atoms with Gasteiger partial charge in [-0.3, -0.25) is 4.79 Å². The number of nitrogens with zero attached hydrogens (tertiary/aromatic N) is 1. The summed E-state index contributed by atoms with van der Waals surface area (Å²) < 4.78 is 14.5. The number of aryl methyl sites for hydroxylation is 1. The molecule has 2 aliphatic rings. The lowest BCUT2D eigenvalue weighted by molar-refractivity contribution is -0.118. The molecule has 2 N–H and O–H groups in total. The Morgan fingerprint density at radius 3 is 2.68 bits per heavy atom. The zero-order valence-corrected chi connectivity index (χ0v) is 17.4. The van der Waals surface area contributed by atoms with Crippen LogP contribution in [0.15, 0.2) is 52.8 Å². The fraction of sp³-hybridized carbons (Fsp3) is 0.381. The number of hydrogen-bond donors (Lipinski definition) is 2. The highest BCUT2D eigenvalue weighted by molar-refractivity contribution is 6.44. The van der Waals surface area contributed by atoms with Crippen molar-refractivity contribution in [1.82, 2.24) is 5.32 Å². The lowest BCUT2D eigenvalue weighted by atomic mass is 9.86. The Balaban J connectivity index is 2.03. The van der Waals surface area contributed by atoms with Crippen LogP contribution in [0.25, 0.3) is 0 Å². The first-order valence-electron chi connectivity index (χ1n) is 9.23. The molecule has 1 saturated heterocycles. The minimum Gasteiger partial charge on any atom is -0.374 e. The van der Waals surface area contributed by atoms with Crippen molar-refractivity contribution in [2.45, 2.75) is 31.2 Å². The second kappa shape index (κ2) is 8.27. The summed E-state index contributed by atoms with van der Waals surface area (Å²) in [5, 5.41) is 6.81. The van der Waals surface area contributed by atoms with E-state index in [1.54, 1.807) is 11.9 Å². The molecule has 1 fully saturated rings. The summed E-state index contributed by atoms with van der Waals surface area (Å²) in [6.07, 6.45) is 2.81. The SMILES string of the molecule is C=C(Cl)/C(Cl)=C(\C(=C)F)C1(Nc2ccc3c(c2)N(C)C(=O)CCC3)CCNC1. The van der Waals surface area contributed by atoms with Crippen LogP contribution in [0, 0.1) is 0 Å². The van der Waals surface area contributed by atoms with Crippen LogP contribution >= 0.6 is 23.2 Å². The molecule has 4 nitrogen and oxygen atoms in total. The molecule has 7 heteroatoms. The smallest absolute Gasteiger partial charge is 0.226 e. The van der Waals surface area contributed by atoms with Crippen LogP contribution in [-0.2, 0) is 11.2 Å². The molecule has 3 rings (SSSR count). The standard InChI is InChI=1S/C21H24Cl2FN3O/c1-13(22)20(23)19(14(2)24)21(9-10-25-12-21)26-16-8-7-15-5-4-6-18(28)27(3)17(15)11-16/h7-8,11,25-26H,1-2,4-6,9-10,12H2,3H3/b20-19-. The molecule has 1 atom stereocenters. The van der Waals surface area contributed by atoms with E-state index in [0.29, 0.717) is 25.9 Å². The van der Waals surface area contributed by atoms with Crippen LogP contribution in [0.2, 0.25) is 0 Å². The van der Waals surface area contributed by atoms with Gasteiger partial charge in [0.25, 0.3) is 0 Å². The van der Waals surface area contributed by atoms with Gasteiger partial charge in [0.1, 0.15) is 5.83 Å². The summed E-state index contributed by atoms with van der Waals surface area (Å²) >= 11 is 12.3. The van der Waals surface area contributed by atoms with Crippen molar-refractivity contribution >= 4 is 40.5 Å². The van der Waals surface area contributed by atoms with Crippen molar-refractivity contribution in [3.8, 4) is 0 Å². The maximum Gasteiger partial charge on any atom is 0.226 e. The molecular weight excluding hydrogens is 400 g/mol. The van der Waals surface area contributed by atoms with Crippen LogP contribution in [0.1, 0.15) is 24.8 Å². The monoisotopic (exact) mass is 423 g/mol. The quantitative estimate of drug-likeness (QED) is 0.664. The first-order chi connectivity index (χ1) is 13.2. The number of anilines is 2. The third-order valence-corrected chi connectivity index (χ3v) is 6.11. The molecule has 28 heavy (non-hydrogen) atoms. The minimum absolute atomic E-state index is 0.0624. The number of allylic oxidation sites excluding steroid dienone is 2. The molecule has 1 unspecified atom stereocenters. The van der Waals surface area contributed by atoms with E-state index < -0.39 is 11.4 Å². The van der Waals surface area contributed by atoms with Gasteiger partial charge >= 0.3 is 0 Å². The lowest BCUT2D eigenvalue weighted by Gasteiger charge is -2.34. The van der Waals surface area contributed by atoms with E-state index in [1.807, 2.05) is 18.2 Å². The molecule has 150 valence electrons. The number of halogens is 3. The first kappa shape index (κ1) is 20.9. The summed E-state index contributed by atoms with van der Waals surface area (Å²) in [6.45, 7) is 8.24. The summed E-state index contributed by atoms with van der Waals surface area (Å²) in [6, 6.07) is 5.89. The molecule has 2 aliphatic heterocycles. The summed E-state index contributed by atoms with van der Waals surface area (Å²) in [4.78, 5) is 13.9. The highest BCUT2D eigenvalue weighted by atomic mass is 35.5. The van der Waals surface area contributed by atoms with Gasteiger partial charge in [0.2, 0.25) is 5.91 Å². The Bertz CT molecular complexity index is 859. The molecule has 0 saturated carbocycles. The van der Waals surface area contributed by atoms with Crippen LogP contribution in [-0.4, -0.2) is 31.6 Å². The van der Waals surface area contributed by atoms with Gasteiger partial charge in [-0.1, -0.05) is 42.4 Å². The van der Waals surface area contributed by atoms with Gasteiger partial charge in [-0.05, 0) is 43.5 Å². The van der Waals surface area contributed by atoms with Crippen molar-refractivity contribution in [3.05, 3.63) is 58.4 Å². The van der Waals surface area contributed by atoms with Gasteiger partial charge in [0.05, 0.1) is 15.6 Å². The number of fused-ring (bicyclic) bond motifs is 1. The second-order valence-corrected chi connectivity index (χ2v) is 8.12. The Morgan fingerprint density at radius 2 is 2.07 bits per heavy atom. The molecule has 1 aromatic carbocycles. The van der Waals surface area contributed by atoms with E-state index in [2.05, 4.69) is 23.8 Å². The molecule has 1 aromatic rings. The van der Waals surface area contributed by atoms with Crippen LogP contribution in [0.4, 0.5) is 15.8 Å². The Morgan fingerprint density at radius 1 is 1.32 bits per heavy atom. The van der Waals surface area contributed by atoms with Gasteiger partial charge < -0.3 is 15.5 Å². The highest BCUT2D eigenvalue weighted by Gasteiger charge is 2.41. The first-order valence-corrected chi connectivity index (χ1v) is 9.99. The average Bonchev–Trinajstić information content (AvgIpc) is 3.04. The minimum atomic E-state index is -0.817. The third kappa shape index (κ3) is 3.97. The molecule has 0 aliphatic carbocycles. The molecule has 0 radical (unpaired) electrons. The van der Waals surface area contributed by atoms with Gasteiger partial charge in [-0.2, -0.15) is 0 Å². The summed E-state index contributed by atoms with van der Waals surface area (Å²) in [5.41, 5.74) is 2.15. The van der Waals surface area contributed by atoms with E-state index in [9.17, 15) is 9.18 Å². The van der Waals surface area contributed by atoms with Crippen LogP contribution in [0.5, 0.6) is 0 Å². The lowest BCUT2D eigenvalue weighted by Crippen LogP contribution is -2.43. The van der Waals surface area contributed by atoms with E-state index in [4.69, 9.17) is 23.2 Å². The van der Waals surface area contributed by atoms with Crippen molar-refractivity contribution in [1.29, 1.82) is 0 Å². The molecule has 0 aromatic heterocycles. The molecule has 1 amide bonds. The van der Waals surface area contributed by atoms with E-state index in [1.165, 1.54) is 0 Å². The number of nitrogens with one attached hydrogen (secondary N) is 2. The van der Waals surface area contributed by atoms with Gasteiger partial charge in [0.15, 0.2) is 0 Å². The Hall–Kier alpha value is -1.82. The van der Waals surface area contributed by atoms with E-state index >= 15 is 0 Å². The Kier molecular flexibility index (Phi) is 6.18. The maximum absolute atomic E-state index is 14.5. The molecule has 2 heterocycles. The number of carbonyl (C=O) groups excluding carboxylic acids is 1. The van der Waals surface area contributed by atoms with Gasteiger partial charge in [0, 0.05) is 37.0 Å². The number of carbonyl (C=O) groups is 1. The van der Waals surface area contributed by atoms with E-state index in [-0.39, 0.29) is 21.5 Å². The topological polar surface area (TPSA) is 44.4 Å². The van der Waals surface area contributed by atoms with Crippen molar-refractivity contribution < 1.29 is 9.18 Å². The Labute approximate surface area is 175 Å². The number of amides is 1. The predicted octanol–water partition coefficient (Wildman–Crippen LogP) is 4.86. The fourth-order valence-electron chi connectivity index (χ4n) is 3.97. The average molecular weight is 424 g/mol. The molecular formula is C21H24Cl2FN3O. The molecule has 0 bridgehead atoms. The van der Waals surface area contributed by atoms with Gasteiger partial charge in [-0.15, -0.1) is 0 Å². The second-order valence-electron chi connectivity index (χ2n) is 7.28. The number of benzene rings is 1. The number of hydrogen-bond acceptors (Lipinski definition) is 3. The fourth-order valence-corrected chi connectivity index (χ4v) is 4.35. The number of rotatable bonds is 5. The van der Waals surface area contributed by atoms with Crippen LogP contribution < -0.4 is 15.5 Å². The normalized spacial score (nSPS) is 23.0. The summed E-state index contributed by atoms with van der Waals surface area (Å²) in [5.74, 6) is -0.558. The van der Waals surface area contributed by atoms with Crippen molar-refractivity contribution in [2.24, 2.45) is 0 Å². The van der Waals surface area contributed by atoms with Crippen LogP contribution in [0.3, 0.4) is 0 Å². The predicted molar refractivity (Wildman–Crippen MR) is 115 cm³/mol. The maximum atomic E-state index is 14.5. The van der Waals surface area contributed by atoms with Crippen molar-refractivity contribution in [3.63, 3.8) is 0 Å². The van der Waals surface area contributed by atoms with Gasteiger partial charge in [-0.25, -0.2) is 4.39 Å². The molecule has 0 spiro atoms. The zero-order chi connectivity index (χ0) is 20.5. The van der Waals surface area contributed by atoms with Crippen molar-refractivity contribution in [2.75, 3.05) is 30.4 Å². The third-order valence-electron chi connectivity index (χ3n) is 5.40. The summed E-state index contributed by atoms with van der Waals surface area (Å²) in [7, 11) is 1.78. The zero-order valence-electron chi connectivity index (χ0n) is 15.9. The van der Waals surface area contributed by atoms with E-state index in [0.717, 1.165) is 29.8 Å². The highest BCUT2D eigenvalue weighted by Crippen LogP contribution is 2.40.